The second kappa shape index (κ2) is 3.43. The van der Waals surface area contributed by atoms with Crippen LogP contribution >= 0.6 is 0 Å². The summed E-state index contributed by atoms with van der Waals surface area (Å²) in [7, 11) is 0. The van der Waals surface area contributed by atoms with Crippen LogP contribution in [0.15, 0.2) is 25.2 Å². The van der Waals surface area contributed by atoms with Gasteiger partial charge in [-0.2, -0.15) is 4.98 Å². The Hall–Kier alpha value is -1.95. The molecule has 0 bridgehead atoms. The van der Waals surface area contributed by atoms with E-state index in [1.165, 1.54) is 11.3 Å². The Morgan fingerprint density at radius 1 is 1.64 bits per heavy atom. The number of nitrogens with two attached hydrogens (primary N) is 1. The highest BCUT2D eigenvalue weighted by atomic mass is 15.5. The number of nitrogens with zero attached hydrogens (tertiary/aromatic N) is 4. The minimum Gasteiger partial charge on any atom is -0.320 e. The molecule has 0 aliphatic rings. The van der Waals surface area contributed by atoms with Gasteiger partial charge < -0.3 is 4.98 Å². The normalized spacial score (nSPS) is 10.4. The molecule has 72 valence electrons. The minimum absolute atomic E-state index is 0.521. The van der Waals surface area contributed by atoms with Crippen molar-refractivity contribution in [3.8, 4) is 0 Å². The number of rotatable bonds is 3. The van der Waals surface area contributed by atoms with E-state index in [1.807, 2.05) is 0 Å². The average molecular weight is 190 g/mol. The van der Waals surface area contributed by atoms with E-state index in [-0.39, 0.29) is 0 Å². The SMILES string of the molecule is C=CCN(N)c1nc2ncncc2[nH]1. The highest BCUT2D eigenvalue weighted by Gasteiger charge is 2.06. The summed E-state index contributed by atoms with van der Waals surface area (Å²) in [6.07, 6.45) is 4.79. The van der Waals surface area contributed by atoms with Gasteiger partial charge in [0, 0.05) is 0 Å². The Morgan fingerprint density at radius 2 is 2.50 bits per heavy atom. The molecule has 0 spiro atoms. The van der Waals surface area contributed by atoms with Gasteiger partial charge in [-0.25, -0.2) is 15.8 Å². The molecule has 0 radical (unpaired) electrons. The number of imidazole rings is 1. The number of hydrazine groups is 1. The maximum atomic E-state index is 5.69. The van der Waals surface area contributed by atoms with E-state index < -0.39 is 0 Å². The van der Waals surface area contributed by atoms with Crippen LogP contribution in [0.5, 0.6) is 0 Å². The van der Waals surface area contributed by atoms with Crippen LogP contribution in [0, 0.1) is 0 Å². The summed E-state index contributed by atoms with van der Waals surface area (Å²) < 4.78 is 0. The van der Waals surface area contributed by atoms with Crippen molar-refractivity contribution < 1.29 is 0 Å². The van der Waals surface area contributed by atoms with Crippen molar-refractivity contribution in [2.45, 2.75) is 0 Å². The van der Waals surface area contributed by atoms with Crippen LogP contribution in [0.1, 0.15) is 0 Å². The first-order valence-electron chi connectivity index (χ1n) is 4.10. The van der Waals surface area contributed by atoms with Crippen molar-refractivity contribution in [3.63, 3.8) is 0 Å². The van der Waals surface area contributed by atoms with Crippen molar-refractivity contribution in [3.05, 3.63) is 25.2 Å². The number of aromatic nitrogens is 4. The molecule has 0 saturated heterocycles. The highest BCUT2D eigenvalue weighted by molar-refractivity contribution is 5.71. The number of hydrogen-bond donors (Lipinski definition) is 2. The molecule has 2 rings (SSSR count). The standard InChI is InChI=1S/C8H10N6/c1-2-3-14(9)8-12-6-4-10-5-11-7(6)13-8/h2,4-5H,1,3,9H2,(H,10,11,12,13). The first-order valence-corrected chi connectivity index (χ1v) is 4.10. The molecule has 3 N–H and O–H groups in total. The zero-order valence-corrected chi connectivity index (χ0v) is 7.51. The lowest BCUT2D eigenvalue weighted by Gasteiger charge is -2.11. The van der Waals surface area contributed by atoms with Gasteiger partial charge in [-0.3, -0.25) is 5.01 Å². The Morgan fingerprint density at radius 3 is 3.21 bits per heavy atom. The van der Waals surface area contributed by atoms with Crippen LogP contribution in [0.4, 0.5) is 5.95 Å². The van der Waals surface area contributed by atoms with Crippen molar-refractivity contribution in [2.75, 3.05) is 11.6 Å². The van der Waals surface area contributed by atoms with Crippen molar-refractivity contribution in [1.82, 2.24) is 19.9 Å². The number of aromatic amines is 1. The maximum absolute atomic E-state index is 5.69. The Balaban J connectivity index is 2.39. The lowest BCUT2D eigenvalue weighted by molar-refractivity contribution is 0.896. The minimum atomic E-state index is 0.521. The number of hydrogen-bond acceptors (Lipinski definition) is 5. The first-order chi connectivity index (χ1) is 6.81. The zero-order chi connectivity index (χ0) is 9.97. The number of anilines is 1. The Kier molecular flexibility index (Phi) is 2.11. The van der Waals surface area contributed by atoms with Crippen molar-refractivity contribution in [2.24, 2.45) is 5.84 Å². The quantitative estimate of drug-likeness (QED) is 0.411. The number of H-pyrrole nitrogens is 1. The molecular formula is C8H10N6. The molecule has 2 aromatic rings. The predicted molar refractivity (Wildman–Crippen MR) is 53.4 cm³/mol. The van der Waals surface area contributed by atoms with Gasteiger partial charge in [0.15, 0.2) is 5.65 Å². The van der Waals surface area contributed by atoms with Gasteiger partial charge in [0.1, 0.15) is 11.8 Å². The van der Waals surface area contributed by atoms with E-state index in [1.54, 1.807) is 12.3 Å². The fourth-order valence-corrected chi connectivity index (χ4v) is 1.11. The maximum Gasteiger partial charge on any atom is 0.220 e. The van der Waals surface area contributed by atoms with Crippen LogP contribution in [0.3, 0.4) is 0 Å². The van der Waals surface area contributed by atoms with Crippen molar-refractivity contribution in [1.29, 1.82) is 0 Å². The zero-order valence-electron chi connectivity index (χ0n) is 7.51. The third kappa shape index (κ3) is 1.42. The van der Waals surface area contributed by atoms with E-state index in [9.17, 15) is 0 Å². The van der Waals surface area contributed by atoms with E-state index in [0.717, 1.165) is 5.52 Å². The van der Waals surface area contributed by atoms with Gasteiger partial charge in [-0.1, -0.05) is 6.08 Å². The van der Waals surface area contributed by atoms with E-state index in [0.29, 0.717) is 18.1 Å². The fourth-order valence-electron chi connectivity index (χ4n) is 1.11. The molecular weight excluding hydrogens is 180 g/mol. The molecule has 0 saturated carbocycles. The molecule has 0 aliphatic carbocycles. The average Bonchev–Trinajstić information content (AvgIpc) is 2.61. The summed E-state index contributed by atoms with van der Waals surface area (Å²) in [4.78, 5) is 15.0. The Labute approximate surface area is 80.5 Å². The van der Waals surface area contributed by atoms with Gasteiger partial charge in [-0.05, 0) is 0 Å². The van der Waals surface area contributed by atoms with Gasteiger partial charge in [0.05, 0.1) is 12.7 Å². The predicted octanol–water partition coefficient (Wildman–Crippen LogP) is 0.219. The molecule has 0 fully saturated rings. The van der Waals surface area contributed by atoms with Crippen LogP contribution in [-0.2, 0) is 0 Å². The summed E-state index contributed by atoms with van der Waals surface area (Å²) in [5.41, 5.74) is 1.37. The number of fused-ring (bicyclic) bond motifs is 1. The van der Waals surface area contributed by atoms with Crippen LogP contribution in [-0.4, -0.2) is 26.5 Å². The Bertz CT molecular complexity index is 415. The molecule has 0 atom stereocenters. The second-order valence-corrected chi connectivity index (χ2v) is 2.76. The lowest BCUT2D eigenvalue weighted by atomic mass is 10.6. The molecule has 2 heterocycles. The third-order valence-corrected chi connectivity index (χ3v) is 1.75. The summed E-state index contributed by atoms with van der Waals surface area (Å²) in [5, 5.41) is 1.45. The lowest BCUT2D eigenvalue weighted by Crippen LogP contribution is -2.31. The van der Waals surface area contributed by atoms with Gasteiger partial charge in [0.2, 0.25) is 5.95 Å². The monoisotopic (exact) mass is 190 g/mol. The molecule has 0 amide bonds. The molecule has 6 heteroatoms. The molecule has 0 aliphatic heterocycles. The van der Waals surface area contributed by atoms with Crippen molar-refractivity contribution >= 4 is 17.1 Å². The van der Waals surface area contributed by atoms with Gasteiger partial charge >= 0.3 is 0 Å². The summed E-state index contributed by atoms with van der Waals surface area (Å²) in [6, 6.07) is 0. The van der Waals surface area contributed by atoms with Crippen LogP contribution in [0.25, 0.3) is 11.2 Å². The van der Waals surface area contributed by atoms with Gasteiger partial charge in [-0.15, -0.1) is 6.58 Å². The second-order valence-electron chi connectivity index (χ2n) is 2.76. The summed E-state index contributed by atoms with van der Waals surface area (Å²) >= 11 is 0. The molecule has 6 nitrogen and oxygen atoms in total. The van der Waals surface area contributed by atoms with Crippen LogP contribution < -0.4 is 10.9 Å². The first kappa shape index (κ1) is 8.64. The topological polar surface area (TPSA) is 83.7 Å². The van der Waals surface area contributed by atoms with E-state index in [2.05, 4.69) is 26.5 Å². The summed E-state index contributed by atoms with van der Waals surface area (Å²) in [6.45, 7) is 4.11. The number of nitrogens with one attached hydrogen (secondary N) is 1. The third-order valence-electron chi connectivity index (χ3n) is 1.75. The van der Waals surface area contributed by atoms with Crippen LogP contribution in [0.2, 0.25) is 0 Å². The highest BCUT2D eigenvalue weighted by Crippen LogP contribution is 2.11. The molecule has 2 aromatic heterocycles. The van der Waals surface area contributed by atoms with Gasteiger partial charge in [0.25, 0.3) is 0 Å². The smallest absolute Gasteiger partial charge is 0.220 e. The van der Waals surface area contributed by atoms with E-state index in [4.69, 9.17) is 5.84 Å². The molecule has 0 aromatic carbocycles. The fraction of sp³-hybridized carbons (Fsp3) is 0.125. The molecule has 0 unspecified atom stereocenters. The summed E-state index contributed by atoms with van der Waals surface area (Å²) in [5.74, 6) is 6.25. The largest absolute Gasteiger partial charge is 0.320 e. The van der Waals surface area contributed by atoms with E-state index >= 15 is 0 Å². The molecule has 14 heavy (non-hydrogen) atoms.